The number of benzene rings is 3. The normalized spacial score (nSPS) is 10.6. The summed E-state index contributed by atoms with van der Waals surface area (Å²) in [4.78, 5) is 28.7. The molecular formula is C23H16BrN3O3S. The number of nitrogens with zero attached hydrogens (tertiary/aromatic N) is 2. The van der Waals surface area contributed by atoms with Crippen LogP contribution >= 0.6 is 27.3 Å². The summed E-state index contributed by atoms with van der Waals surface area (Å²) < 4.78 is 0.889. The number of hydrogen-bond donors (Lipinski definition) is 1. The smallest absolute Gasteiger partial charge is 0.269 e. The minimum atomic E-state index is -0.429. The van der Waals surface area contributed by atoms with Gasteiger partial charge in [0.1, 0.15) is 0 Å². The lowest BCUT2D eigenvalue weighted by molar-refractivity contribution is -0.384. The highest BCUT2D eigenvalue weighted by molar-refractivity contribution is 9.10. The molecule has 0 bridgehead atoms. The van der Waals surface area contributed by atoms with Gasteiger partial charge in [-0.2, -0.15) is 0 Å². The maximum Gasteiger partial charge on any atom is 0.269 e. The topological polar surface area (TPSA) is 85.1 Å². The van der Waals surface area contributed by atoms with Crippen molar-refractivity contribution in [1.29, 1.82) is 0 Å². The van der Waals surface area contributed by atoms with Crippen LogP contribution in [0.1, 0.15) is 15.9 Å². The minimum Gasteiger partial charge on any atom is -0.298 e. The van der Waals surface area contributed by atoms with E-state index in [4.69, 9.17) is 0 Å². The number of hydrogen-bond acceptors (Lipinski definition) is 5. The molecule has 0 fully saturated rings. The van der Waals surface area contributed by atoms with E-state index in [0.29, 0.717) is 16.4 Å². The highest BCUT2D eigenvalue weighted by Gasteiger charge is 2.18. The zero-order valence-corrected chi connectivity index (χ0v) is 18.7. The van der Waals surface area contributed by atoms with Gasteiger partial charge in [0.2, 0.25) is 0 Å². The van der Waals surface area contributed by atoms with E-state index < -0.39 is 4.92 Å². The fourth-order valence-corrected chi connectivity index (χ4v) is 4.23. The average Bonchev–Trinajstić information content (AvgIpc) is 3.18. The monoisotopic (exact) mass is 493 g/mol. The lowest BCUT2D eigenvalue weighted by atomic mass is 10.1. The van der Waals surface area contributed by atoms with Crippen LogP contribution in [-0.4, -0.2) is 15.8 Å². The predicted molar refractivity (Wildman–Crippen MR) is 126 cm³/mol. The van der Waals surface area contributed by atoms with Crippen LogP contribution < -0.4 is 5.32 Å². The first-order valence-corrected chi connectivity index (χ1v) is 10.9. The number of non-ortho nitro benzene ring substituents is 1. The third kappa shape index (κ3) is 4.70. The maximum absolute atomic E-state index is 12.6. The number of aryl methyl sites for hydroxylation is 1. The quantitative estimate of drug-likeness (QED) is 0.247. The van der Waals surface area contributed by atoms with Crippen molar-refractivity contribution < 1.29 is 9.72 Å². The lowest BCUT2D eigenvalue weighted by Crippen LogP contribution is -2.11. The number of nitro groups is 1. The summed E-state index contributed by atoms with van der Waals surface area (Å²) >= 11 is 4.69. The second kappa shape index (κ2) is 8.79. The summed E-state index contributed by atoms with van der Waals surface area (Å²) in [6.07, 6.45) is 0. The molecule has 1 amide bonds. The molecule has 0 radical (unpaired) electrons. The summed E-state index contributed by atoms with van der Waals surface area (Å²) in [5, 5.41) is 14.3. The third-order valence-corrected chi connectivity index (χ3v) is 6.17. The van der Waals surface area contributed by atoms with Crippen LogP contribution in [0.5, 0.6) is 0 Å². The predicted octanol–water partition coefficient (Wildman–Crippen LogP) is 6.71. The van der Waals surface area contributed by atoms with E-state index in [1.54, 1.807) is 36.4 Å². The van der Waals surface area contributed by atoms with Gasteiger partial charge in [0.15, 0.2) is 5.13 Å². The number of carbonyl (C=O) groups is 1. The van der Waals surface area contributed by atoms with Crippen molar-refractivity contribution in [2.24, 2.45) is 0 Å². The summed E-state index contributed by atoms with van der Waals surface area (Å²) in [6.45, 7) is 2.01. The molecule has 0 saturated carbocycles. The van der Waals surface area contributed by atoms with Crippen LogP contribution in [0.25, 0.3) is 21.7 Å². The molecule has 1 heterocycles. The van der Waals surface area contributed by atoms with Crippen LogP contribution in [0.2, 0.25) is 0 Å². The largest absolute Gasteiger partial charge is 0.298 e. The molecule has 154 valence electrons. The van der Waals surface area contributed by atoms with Gasteiger partial charge in [0.25, 0.3) is 11.6 Å². The molecule has 0 aliphatic rings. The number of halogens is 1. The molecule has 0 aliphatic carbocycles. The molecular weight excluding hydrogens is 478 g/mol. The number of nitrogens with one attached hydrogen (secondary N) is 1. The van der Waals surface area contributed by atoms with E-state index in [9.17, 15) is 14.9 Å². The highest BCUT2D eigenvalue weighted by atomic mass is 79.9. The maximum atomic E-state index is 12.6. The molecule has 0 atom stereocenters. The van der Waals surface area contributed by atoms with Gasteiger partial charge in [-0.15, -0.1) is 0 Å². The van der Waals surface area contributed by atoms with Crippen LogP contribution in [0.4, 0.5) is 10.8 Å². The van der Waals surface area contributed by atoms with Crippen molar-refractivity contribution in [1.82, 2.24) is 4.98 Å². The first-order chi connectivity index (χ1) is 14.9. The fourth-order valence-electron chi connectivity index (χ4n) is 2.98. The van der Waals surface area contributed by atoms with Crippen LogP contribution in [-0.2, 0) is 0 Å². The number of rotatable bonds is 5. The number of carbonyl (C=O) groups excluding carboxylic acids is 1. The van der Waals surface area contributed by atoms with E-state index in [1.807, 2.05) is 31.2 Å². The van der Waals surface area contributed by atoms with E-state index in [0.717, 1.165) is 26.0 Å². The molecule has 4 aromatic rings. The Morgan fingerprint density at radius 3 is 2.19 bits per heavy atom. The number of nitro benzene ring substituents is 1. The van der Waals surface area contributed by atoms with Gasteiger partial charge < -0.3 is 0 Å². The number of aromatic nitrogens is 1. The zero-order valence-electron chi connectivity index (χ0n) is 16.3. The van der Waals surface area contributed by atoms with Crippen molar-refractivity contribution in [3.8, 4) is 21.7 Å². The first kappa shape index (κ1) is 20.9. The van der Waals surface area contributed by atoms with E-state index >= 15 is 0 Å². The molecule has 6 nitrogen and oxygen atoms in total. The standard InChI is InChI=1S/C23H16BrN3O3S/c1-14-2-4-15(5-3-14)20-21(16-8-12-19(13-9-16)27(29)30)31-23(25-20)26-22(28)17-6-10-18(24)11-7-17/h2-13H,1H3,(H,25,26,28). The van der Waals surface area contributed by atoms with E-state index in [-0.39, 0.29) is 11.6 Å². The second-order valence-corrected chi connectivity index (χ2v) is 8.74. The Labute approximate surface area is 190 Å². The Morgan fingerprint density at radius 1 is 0.968 bits per heavy atom. The molecule has 0 unspecified atom stereocenters. The summed E-state index contributed by atoms with van der Waals surface area (Å²) in [5.74, 6) is -0.257. The van der Waals surface area contributed by atoms with Gasteiger partial charge in [-0.25, -0.2) is 4.98 Å². The van der Waals surface area contributed by atoms with E-state index in [2.05, 4.69) is 26.2 Å². The minimum absolute atomic E-state index is 0.0221. The molecule has 8 heteroatoms. The Bertz CT molecular complexity index is 1250. The molecule has 3 aromatic carbocycles. The Kier molecular flexibility index (Phi) is 5.92. The van der Waals surface area contributed by atoms with Crippen molar-refractivity contribution in [2.75, 3.05) is 5.32 Å². The first-order valence-electron chi connectivity index (χ1n) is 9.30. The van der Waals surface area contributed by atoms with Gasteiger partial charge >= 0.3 is 0 Å². The van der Waals surface area contributed by atoms with Crippen LogP contribution in [0.15, 0.2) is 77.3 Å². The van der Waals surface area contributed by atoms with Gasteiger partial charge in [-0.1, -0.05) is 57.1 Å². The van der Waals surface area contributed by atoms with Gasteiger partial charge in [-0.3, -0.25) is 20.2 Å². The van der Waals surface area contributed by atoms with Crippen LogP contribution in [0, 0.1) is 17.0 Å². The van der Waals surface area contributed by atoms with E-state index in [1.165, 1.54) is 23.5 Å². The molecule has 0 spiro atoms. The molecule has 4 rings (SSSR count). The van der Waals surface area contributed by atoms with Crippen molar-refractivity contribution in [3.05, 3.63) is 98.5 Å². The Hall–Kier alpha value is -3.36. The third-order valence-electron chi connectivity index (χ3n) is 4.62. The van der Waals surface area contributed by atoms with Gasteiger partial charge in [0, 0.05) is 27.7 Å². The molecule has 1 aromatic heterocycles. The van der Waals surface area contributed by atoms with Gasteiger partial charge in [-0.05, 0) is 48.9 Å². The summed E-state index contributed by atoms with van der Waals surface area (Å²) in [5.41, 5.74) is 4.08. The number of anilines is 1. The number of amides is 1. The second-order valence-electron chi connectivity index (χ2n) is 6.83. The highest BCUT2D eigenvalue weighted by Crippen LogP contribution is 2.39. The Morgan fingerprint density at radius 2 is 1.58 bits per heavy atom. The molecule has 0 aliphatic heterocycles. The number of thiazole rings is 1. The summed E-state index contributed by atoms with van der Waals surface area (Å²) in [6, 6.07) is 21.3. The lowest BCUT2D eigenvalue weighted by Gasteiger charge is -2.03. The van der Waals surface area contributed by atoms with Gasteiger partial charge in [0.05, 0.1) is 15.5 Å². The summed E-state index contributed by atoms with van der Waals surface area (Å²) in [7, 11) is 0. The fraction of sp³-hybridized carbons (Fsp3) is 0.0435. The Balaban J connectivity index is 1.72. The molecule has 0 saturated heterocycles. The van der Waals surface area contributed by atoms with Crippen molar-refractivity contribution >= 4 is 44.0 Å². The average molecular weight is 494 g/mol. The zero-order chi connectivity index (χ0) is 22.0. The van der Waals surface area contributed by atoms with Crippen LogP contribution in [0.3, 0.4) is 0 Å². The SMILES string of the molecule is Cc1ccc(-c2nc(NC(=O)c3ccc(Br)cc3)sc2-c2ccc([N+](=O)[O-])cc2)cc1. The molecule has 31 heavy (non-hydrogen) atoms. The van der Waals surface area contributed by atoms with Crippen molar-refractivity contribution in [3.63, 3.8) is 0 Å². The van der Waals surface area contributed by atoms with Crippen molar-refractivity contribution in [2.45, 2.75) is 6.92 Å². The molecule has 1 N–H and O–H groups in total.